The molecule has 0 unspecified atom stereocenters. The molecule has 0 saturated carbocycles. The Kier molecular flexibility index (Phi) is 8.03. The Morgan fingerprint density at radius 3 is 2.46 bits per heavy atom. The zero-order valence-corrected chi connectivity index (χ0v) is 21.7. The van der Waals surface area contributed by atoms with E-state index in [9.17, 15) is 9.59 Å². The van der Waals surface area contributed by atoms with Gasteiger partial charge in [-0.1, -0.05) is 42.5 Å². The van der Waals surface area contributed by atoms with E-state index in [0.29, 0.717) is 11.5 Å². The number of carbonyl (C=O) groups excluding carboxylic acids is 2. The van der Waals surface area contributed by atoms with Gasteiger partial charge < -0.3 is 20.1 Å². The van der Waals surface area contributed by atoms with Crippen LogP contribution in [0.4, 0.5) is 0 Å². The van der Waals surface area contributed by atoms with Gasteiger partial charge in [-0.25, -0.2) is 0 Å². The highest BCUT2D eigenvalue weighted by Gasteiger charge is 2.32. The average molecular weight is 521 g/mol. The van der Waals surface area contributed by atoms with Gasteiger partial charge in [-0.2, -0.15) is 0 Å². The predicted octanol–water partition coefficient (Wildman–Crippen LogP) is 3.16. The van der Waals surface area contributed by atoms with Gasteiger partial charge in [-0.3, -0.25) is 19.4 Å². The fourth-order valence-corrected chi connectivity index (χ4v) is 5.87. The summed E-state index contributed by atoms with van der Waals surface area (Å²) in [5, 5.41) is 7.72. The number of hydrogen-bond acceptors (Lipinski definition) is 7. The summed E-state index contributed by atoms with van der Waals surface area (Å²) in [7, 11) is 0. The van der Waals surface area contributed by atoms with E-state index in [1.807, 2.05) is 31.2 Å². The standard InChI is InChI=1S/C28H32N4O4S/c1-20(30-28(34)27(33)29-17-22-9-10-23-24(16-22)36-19-35-23)26(25-8-5-15-37-25)32-13-11-31(12-14-32)18-21-6-3-2-4-7-21/h2-10,15-16,20,26H,11-14,17-19H2,1H3,(H,29,33)(H,30,34)/t20-,26-/m0/s1. The largest absolute Gasteiger partial charge is 0.454 e. The number of rotatable bonds is 8. The Balaban J connectivity index is 1.16. The SMILES string of the molecule is C[C@H](NC(=O)C(=O)NCc1ccc2c(c1)OCO2)[C@@H](c1cccs1)N1CCN(Cc2ccccc2)CC1. The first-order valence-corrected chi connectivity index (χ1v) is 13.5. The molecule has 2 aromatic carbocycles. The minimum absolute atomic E-state index is 0.00415. The van der Waals surface area contributed by atoms with Gasteiger partial charge in [0.1, 0.15) is 0 Å². The van der Waals surface area contributed by atoms with Gasteiger partial charge in [0.15, 0.2) is 11.5 Å². The molecule has 3 heterocycles. The molecule has 2 atom stereocenters. The fourth-order valence-electron chi connectivity index (χ4n) is 4.91. The summed E-state index contributed by atoms with van der Waals surface area (Å²) in [5.41, 5.74) is 2.15. The zero-order valence-electron chi connectivity index (χ0n) is 20.9. The number of nitrogens with one attached hydrogen (secondary N) is 2. The van der Waals surface area contributed by atoms with Crippen molar-refractivity contribution in [3.05, 3.63) is 82.0 Å². The Morgan fingerprint density at radius 1 is 0.919 bits per heavy atom. The summed E-state index contributed by atoms with van der Waals surface area (Å²) in [6.45, 7) is 7.03. The lowest BCUT2D eigenvalue weighted by molar-refractivity contribution is -0.140. The summed E-state index contributed by atoms with van der Waals surface area (Å²) in [4.78, 5) is 31.4. The second kappa shape index (κ2) is 11.8. The van der Waals surface area contributed by atoms with Gasteiger partial charge in [0.25, 0.3) is 0 Å². The molecule has 9 heteroatoms. The van der Waals surface area contributed by atoms with Crippen molar-refractivity contribution >= 4 is 23.2 Å². The first kappa shape index (κ1) is 25.3. The molecular formula is C28H32N4O4S. The Morgan fingerprint density at radius 2 is 1.70 bits per heavy atom. The van der Waals surface area contributed by atoms with Crippen LogP contribution in [0.2, 0.25) is 0 Å². The van der Waals surface area contributed by atoms with Crippen LogP contribution in [0.5, 0.6) is 11.5 Å². The normalized spacial score (nSPS) is 17.2. The molecule has 0 spiro atoms. The molecule has 8 nitrogen and oxygen atoms in total. The average Bonchev–Trinajstić information content (AvgIpc) is 3.61. The van der Waals surface area contributed by atoms with Crippen molar-refractivity contribution in [3.63, 3.8) is 0 Å². The van der Waals surface area contributed by atoms with E-state index in [1.165, 1.54) is 10.4 Å². The number of benzene rings is 2. The second-order valence-electron chi connectivity index (χ2n) is 9.39. The van der Waals surface area contributed by atoms with Crippen molar-refractivity contribution in [2.24, 2.45) is 0 Å². The van der Waals surface area contributed by atoms with Crippen LogP contribution in [0.1, 0.15) is 29.0 Å². The van der Waals surface area contributed by atoms with E-state index in [1.54, 1.807) is 17.4 Å². The maximum absolute atomic E-state index is 12.8. The quantitative estimate of drug-likeness (QED) is 0.444. The third-order valence-electron chi connectivity index (χ3n) is 6.81. The first-order chi connectivity index (χ1) is 18.1. The van der Waals surface area contributed by atoms with E-state index >= 15 is 0 Å². The molecule has 2 N–H and O–H groups in total. The van der Waals surface area contributed by atoms with Crippen molar-refractivity contribution in [1.82, 2.24) is 20.4 Å². The molecule has 0 bridgehead atoms. The van der Waals surface area contributed by atoms with Gasteiger partial charge in [-0.05, 0) is 41.6 Å². The van der Waals surface area contributed by atoms with Crippen molar-refractivity contribution in [2.45, 2.75) is 32.1 Å². The summed E-state index contributed by atoms with van der Waals surface area (Å²) >= 11 is 1.68. The lowest BCUT2D eigenvalue weighted by Crippen LogP contribution is -2.53. The summed E-state index contributed by atoms with van der Waals surface area (Å²) in [6, 6.07) is 19.9. The molecule has 5 rings (SSSR count). The van der Waals surface area contributed by atoms with Gasteiger partial charge in [0.2, 0.25) is 6.79 Å². The molecule has 1 aromatic heterocycles. The minimum Gasteiger partial charge on any atom is -0.454 e. The van der Waals surface area contributed by atoms with Gasteiger partial charge in [-0.15, -0.1) is 11.3 Å². The van der Waals surface area contributed by atoms with E-state index in [2.05, 4.69) is 56.1 Å². The lowest BCUT2D eigenvalue weighted by Gasteiger charge is -2.41. The van der Waals surface area contributed by atoms with Crippen LogP contribution in [0, 0.1) is 0 Å². The monoisotopic (exact) mass is 520 g/mol. The fraction of sp³-hybridized carbons (Fsp3) is 0.357. The number of hydrogen-bond donors (Lipinski definition) is 2. The van der Waals surface area contributed by atoms with Crippen LogP contribution >= 0.6 is 11.3 Å². The summed E-state index contributed by atoms with van der Waals surface area (Å²) in [5.74, 6) is 0.0503. The highest BCUT2D eigenvalue weighted by Crippen LogP contribution is 2.32. The first-order valence-electron chi connectivity index (χ1n) is 12.6. The van der Waals surface area contributed by atoms with Crippen LogP contribution in [0.3, 0.4) is 0 Å². The van der Waals surface area contributed by atoms with Crippen molar-refractivity contribution < 1.29 is 19.1 Å². The van der Waals surface area contributed by atoms with Crippen molar-refractivity contribution in [1.29, 1.82) is 0 Å². The lowest BCUT2D eigenvalue weighted by atomic mass is 10.0. The number of carbonyl (C=O) groups is 2. The maximum Gasteiger partial charge on any atom is 0.309 e. The molecule has 37 heavy (non-hydrogen) atoms. The van der Waals surface area contributed by atoms with E-state index in [0.717, 1.165) is 38.3 Å². The number of nitrogens with zero attached hydrogens (tertiary/aromatic N) is 2. The van der Waals surface area contributed by atoms with Crippen LogP contribution in [0.15, 0.2) is 66.0 Å². The number of piperazine rings is 1. The second-order valence-corrected chi connectivity index (χ2v) is 10.4. The highest BCUT2D eigenvalue weighted by molar-refractivity contribution is 7.10. The number of fused-ring (bicyclic) bond motifs is 1. The number of ether oxygens (including phenoxy) is 2. The Bertz CT molecular complexity index is 1200. The minimum atomic E-state index is -0.651. The van der Waals surface area contributed by atoms with Crippen molar-refractivity contribution in [2.75, 3.05) is 33.0 Å². The van der Waals surface area contributed by atoms with E-state index < -0.39 is 11.8 Å². The molecule has 1 fully saturated rings. The van der Waals surface area contributed by atoms with E-state index in [4.69, 9.17) is 9.47 Å². The van der Waals surface area contributed by atoms with E-state index in [-0.39, 0.29) is 25.4 Å². The number of thiophene rings is 1. The molecule has 2 aliphatic heterocycles. The van der Waals surface area contributed by atoms with Gasteiger partial charge >= 0.3 is 11.8 Å². The van der Waals surface area contributed by atoms with Crippen molar-refractivity contribution in [3.8, 4) is 11.5 Å². The van der Waals surface area contributed by atoms with Crippen LogP contribution in [0.25, 0.3) is 0 Å². The molecule has 2 amide bonds. The van der Waals surface area contributed by atoms with Crippen LogP contribution in [-0.2, 0) is 22.7 Å². The molecule has 194 valence electrons. The predicted molar refractivity (Wildman–Crippen MR) is 142 cm³/mol. The highest BCUT2D eigenvalue weighted by atomic mass is 32.1. The molecular weight excluding hydrogens is 488 g/mol. The Labute approximate surface area is 221 Å². The molecule has 1 saturated heterocycles. The third kappa shape index (κ3) is 6.30. The molecule has 3 aromatic rings. The third-order valence-corrected chi connectivity index (χ3v) is 7.76. The maximum atomic E-state index is 12.8. The zero-order chi connectivity index (χ0) is 25.6. The van der Waals surface area contributed by atoms with Crippen LogP contribution in [-0.4, -0.2) is 60.6 Å². The van der Waals surface area contributed by atoms with Gasteiger partial charge in [0.05, 0.1) is 6.04 Å². The molecule has 0 radical (unpaired) electrons. The molecule has 2 aliphatic rings. The van der Waals surface area contributed by atoms with Gasteiger partial charge in [0, 0.05) is 50.2 Å². The smallest absolute Gasteiger partial charge is 0.309 e. The Hall–Kier alpha value is -3.40. The summed E-state index contributed by atoms with van der Waals surface area (Å²) < 4.78 is 10.7. The molecule has 0 aliphatic carbocycles. The number of amides is 2. The van der Waals surface area contributed by atoms with Crippen LogP contribution < -0.4 is 20.1 Å². The summed E-state index contributed by atoms with van der Waals surface area (Å²) in [6.07, 6.45) is 0. The topological polar surface area (TPSA) is 83.1 Å².